The lowest BCUT2D eigenvalue weighted by molar-refractivity contribution is 0.0672. The molecule has 19 heavy (non-hydrogen) atoms. The van der Waals surface area contributed by atoms with Crippen LogP contribution in [0, 0.1) is 5.92 Å². The first-order valence-corrected chi connectivity index (χ1v) is 6.29. The molecule has 1 aromatic heterocycles. The van der Waals surface area contributed by atoms with Gasteiger partial charge in [-0.3, -0.25) is 4.79 Å². The minimum atomic E-state index is -0.0400. The van der Waals surface area contributed by atoms with Crippen LogP contribution in [0.25, 0.3) is 0 Å². The van der Waals surface area contributed by atoms with E-state index in [0.29, 0.717) is 37.0 Å². The summed E-state index contributed by atoms with van der Waals surface area (Å²) in [5.74, 6) is 6.14. The lowest BCUT2D eigenvalue weighted by Crippen LogP contribution is -2.36. The molecule has 1 aromatic rings. The zero-order valence-corrected chi connectivity index (χ0v) is 11.7. The SMILES string of the molecule is COCCN(CC(C)C)C(=O)c1ccc(NN)nc1. The number of methoxy groups -OCH3 is 1. The van der Waals surface area contributed by atoms with E-state index < -0.39 is 0 Å². The van der Waals surface area contributed by atoms with E-state index in [1.807, 2.05) is 0 Å². The van der Waals surface area contributed by atoms with Gasteiger partial charge in [0.25, 0.3) is 5.91 Å². The summed E-state index contributed by atoms with van der Waals surface area (Å²) >= 11 is 0. The molecule has 106 valence electrons. The van der Waals surface area contributed by atoms with Gasteiger partial charge in [0.15, 0.2) is 0 Å². The van der Waals surface area contributed by atoms with E-state index in [0.717, 1.165) is 0 Å². The highest BCUT2D eigenvalue weighted by atomic mass is 16.5. The van der Waals surface area contributed by atoms with Crippen LogP contribution in [0.3, 0.4) is 0 Å². The van der Waals surface area contributed by atoms with E-state index in [2.05, 4.69) is 24.3 Å². The molecule has 0 unspecified atom stereocenters. The van der Waals surface area contributed by atoms with E-state index in [1.165, 1.54) is 6.20 Å². The Kier molecular flexibility index (Phi) is 6.24. The van der Waals surface area contributed by atoms with Gasteiger partial charge in [-0.2, -0.15) is 0 Å². The second-order valence-electron chi connectivity index (χ2n) is 4.71. The van der Waals surface area contributed by atoms with Crippen LogP contribution in [0.1, 0.15) is 24.2 Å². The van der Waals surface area contributed by atoms with Crippen LogP contribution in [0.4, 0.5) is 5.82 Å². The normalized spacial score (nSPS) is 10.6. The van der Waals surface area contributed by atoms with Gasteiger partial charge in [-0.1, -0.05) is 13.8 Å². The number of hydrogen-bond acceptors (Lipinski definition) is 5. The van der Waals surface area contributed by atoms with Gasteiger partial charge >= 0.3 is 0 Å². The summed E-state index contributed by atoms with van der Waals surface area (Å²) < 4.78 is 5.04. The first kappa shape index (κ1) is 15.4. The number of pyridine rings is 1. The Morgan fingerprint density at radius 1 is 1.53 bits per heavy atom. The number of anilines is 1. The third kappa shape index (κ3) is 4.84. The number of hydrogen-bond donors (Lipinski definition) is 2. The standard InChI is InChI=1S/C13H22N4O2/c1-10(2)9-17(6-7-19-3)13(18)11-4-5-12(16-14)15-8-11/h4-5,8,10H,6-7,9,14H2,1-3H3,(H,15,16). The smallest absolute Gasteiger partial charge is 0.255 e. The van der Waals surface area contributed by atoms with Gasteiger partial charge in [0.2, 0.25) is 0 Å². The Bertz CT molecular complexity index is 392. The van der Waals surface area contributed by atoms with Gasteiger partial charge in [0.05, 0.1) is 12.2 Å². The van der Waals surface area contributed by atoms with Crippen molar-refractivity contribution in [3.8, 4) is 0 Å². The zero-order chi connectivity index (χ0) is 14.3. The minimum absolute atomic E-state index is 0.0400. The molecule has 0 bridgehead atoms. The maximum absolute atomic E-state index is 12.4. The van der Waals surface area contributed by atoms with Crippen molar-refractivity contribution in [2.24, 2.45) is 11.8 Å². The molecule has 1 rings (SSSR count). The van der Waals surface area contributed by atoms with Crippen molar-refractivity contribution < 1.29 is 9.53 Å². The predicted molar refractivity (Wildman–Crippen MR) is 74.7 cm³/mol. The van der Waals surface area contributed by atoms with Crippen molar-refractivity contribution >= 4 is 11.7 Å². The number of nitrogen functional groups attached to an aromatic ring is 1. The topological polar surface area (TPSA) is 80.5 Å². The highest BCUT2D eigenvalue weighted by Gasteiger charge is 2.16. The summed E-state index contributed by atoms with van der Waals surface area (Å²) in [6.45, 7) is 5.94. The molecule has 0 fully saturated rings. The van der Waals surface area contributed by atoms with Crippen molar-refractivity contribution in [3.05, 3.63) is 23.9 Å². The fourth-order valence-corrected chi connectivity index (χ4v) is 1.71. The third-order valence-corrected chi connectivity index (χ3v) is 2.60. The van der Waals surface area contributed by atoms with Gasteiger partial charge in [0, 0.05) is 26.4 Å². The van der Waals surface area contributed by atoms with Crippen molar-refractivity contribution in [2.45, 2.75) is 13.8 Å². The number of carbonyl (C=O) groups excluding carboxylic acids is 1. The molecule has 0 aliphatic carbocycles. The molecule has 0 spiro atoms. The molecule has 0 aliphatic heterocycles. The number of amides is 1. The van der Waals surface area contributed by atoms with Crippen molar-refractivity contribution in [3.63, 3.8) is 0 Å². The van der Waals surface area contributed by atoms with Crippen LogP contribution in [-0.4, -0.2) is 42.6 Å². The van der Waals surface area contributed by atoms with E-state index in [1.54, 1.807) is 24.1 Å². The number of nitrogens with one attached hydrogen (secondary N) is 1. The predicted octanol–water partition coefficient (Wildman–Crippen LogP) is 1.11. The summed E-state index contributed by atoms with van der Waals surface area (Å²) in [4.78, 5) is 18.2. The quantitative estimate of drug-likeness (QED) is 0.571. The Hall–Kier alpha value is -1.66. The molecule has 1 amide bonds. The highest BCUT2D eigenvalue weighted by Crippen LogP contribution is 2.09. The van der Waals surface area contributed by atoms with Gasteiger partial charge < -0.3 is 15.1 Å². The fraction of sp³-hybridized carbons (Fsp3) is 0.538. The summed E-state index contributed by atoms with van der Waals surface area (Å²) in [5, 5.41) is 0. The number of nitrogens with zero attached hydrogens (tertiary/aromatic N) is 2. The Morgan fingerprint density at radius 2 is 2.26 bits per heavy atom. The fourth-order valence-electron chi connectivity index (χ4n) is 1.71. The van der Waals surface area contributed by atoms with Gasteiger partial charge in [-0.25, -0.2) is 10.8 Å². The summed E-state index contributed by atoms with van der Waals surface area (Å²) in [6, 6.07) is 3.39. The largest absolute Gasteiger partial charge is 0.383 e. The number of hydrazine groups is 1. The van der Waals surface area contributed by atoms with Crippen LogP contribution >= 0.6 is 0 Å². The second-order valence-corrected chi connectivity index (χ2v) is 4.71. The van der Waals surface area contributed by atoms with Crippen LogP contribution < -0.4 is 11.3 Å². The maximum Gasteiger partial charge on any atom is 0.255 e. The molecular formula is C13H22N4O2. The third-order valence-electron chi connectivity index (χ3n) is 2.60. The molecule has 6 heteroatoms. The molecule has 0 saturated carbocycles. The van der Waals surface area contributed by atoms with Gasteiger partial charge in [0.1, 0.15) is 5.82 Å². The van der Waals surface area contributed by atoms with Crippen LogP contribution in [-0.2, 0) is 4.74 Å². The summed E-state index contributed by atoms with van der Waals surface area (Å²) in [5.41, 5.74) is 2.98. The molecule has 0 saturated heterocycles. The molecule has 0 radical (unpaired) electrons. The molecular weight excluding hydrogens is 244 g/mol. The molecule has 1 heterocycles. The molecule has 6 nitrogen and oxygen atoms in total. The highest BCUT2D eigenvalue weighted by molar-refractivity contribution is 5.94. The lowest BCUT2D eigenvalue weighted by atomic mass is 10.1. The van der Waals surface area contributed by atoms with E-state index in [9.17, 15) is 4.79 Å². The number of rotatable bonds is 7. The van der Waals surface area contributed by atoms with E-state index >= 15 is 0 Å². The van der Waals surface area contributed by atoms with Crippen LogP contribution in [0.5, 0.6) is 0 Å². The van der Waals surface area contributed by atoms with Crippen LogP contribution in [0.2, 0.25) is 0 Å². The van der Waals surface area contributed by atoms with Gasteiger partial charge in [-0.15, -0.1) is 0 Å². The number of carbonyl (C=O) groups is 1. The molecule has 0 atom stereocenters. The lowest BCUT2D eigenvalue weighted by Gasteiger charge is -2.24. The summed E-state index contributed by atoms with van der Waals surface area (Å²) in [6.07, 6.45) is 1.53. The van der Waals surface area contributed by atoms with Crippen LogP contribution in [0.15, 0.2) is 18.3 Å². The average Bonchev–Trinajstić information content (AvgIpc) is 2.42. The Balaban J connectivity index is 2.78. The zero-order valence-electron chi connectivity index (χ0n) is 11.7. The first-order chi connectivity index (χ1) is 9.08. The number of aromatic nitrogens is 1. The van der Waals surface area contributed by atoms with E-state index in [4.69, 9.17) is 10.6 Å². The Labute approximate surface area is 113 Å². The number of nitrogens with two attached hydrogens (primary N) is 1. The van der Waals surface area contributed by atoms with Gasteiger partial charge in [-0.05, 0) is 18.1 Å². The Morgan fingerprint density at radius 3 is 2.74 bits per heavy atom. The second kappa shape index (κ2) is 7.70. The monoisotopic (exact) mass is 266 g/mol. The molecule has 0 aliphatic rings. The molecule has 3 N–H and O–H groups in total. The van der Waals surface area contributed by atoms with Crippen molar-refractivity contribution in [2.75, 3.05) is 32.2 Å². The number of ether oxygens (including phenoxy) is 1. The van der Waals surface area contributed by atoms with Crippen molar-refractivity contribution in [1.82, 2.24) is 9.88 Å². The minimum Gasteiger partial charge on any atom is -0.383 e. The first-order valence-electron chi connectivity index (χ1n) is 6.29. The van der Waals surface area contributed by atoms with E-state index in [-0.39, 0.29) is 5.91 Å². The molecule has 0 aromatic carbocycles. The maximum atomic E-state index is 12.4. The van der Waals surface area contributed by atoms with Crippen molar-refractivity contribution in [1.29, 1.82) is 0 Å². The summed E-state index contributed by atoms with van der Waals surface area (Å²) in [7, 11) is 1.63. The average molecular weight is 266 g/mol.